The summed E-state index contributed by atoms with van der Waals surface area (Å²) in [4.78, 5) is 12.9. The standard InChI is InChI=1S/C16H25N3O4S2.ClH/c20-16(18-6-3-13-2-1-5-17-12-13)15-14(4-11-24-15)25(21,22)19-7-9-23-10-8-19;/h4,11,13,17H,1-3,5-10,12H2,(H,18,20);1H. The van der Waals surface area contributed by atoms with Crippen LogP contribution in [0.5, 0.6) is 0 Å². The molecule has 3 heterocycles. The van der Waals surface area contributed by atoms with Gasteiger partial charge >= 0.3 is 0 Å². The Morgan fingerprint density at radius 1 is 1.38 bits per heavy atom. The van der Waals surface area contributed by atoms with Crippen LogP contribution >= 0.6 is 23.7 Å². The zero-order valence-electron chi connectivity index (χ0n) is 14.6. The van der Waals surface area contributed by atoms with E-state index in [1.165, 1.54) is 34.6 Å². The molecule has 0 aromatic carbocycles. The summed E-state index contributed by atoms with van der Waals surface area (Å²) in [7, 11) is -3.65. The maximum Gasteiger partial charge on any atom is 0.262 e. The summed E-state index contributed by atoms with van der Waals surface area (Å²) in [5.41, 5.74) is 0. The van der Waals surface area contributed by atoms with Crippen LogP contribution in [0.15, 0.2) is 16.3 Å². The number of amides is 1. The predicted octanol–water partition coefficient (Wildman–Crippen LogP) is 1.31. The lowest BCUT2D eigenvalue weighted by atomic mass is 9.96. The van der Waals surface area contributed by atoms with E-state index < -0.39 is 10.0 Å². The van der Waals surface area contributed by atoms with Gasteiger partial charge in [-0.15, -0.1) is 23.7 Å². The molecule has 1 atom stereocenters. The van der Waals surface area contributed by atoms with Gasteiger partial charge < -0.3 is 15.4 Å². The minimum atomic E-state index is -3.65. The van der Waals surface area contributed by atoms with Crippen molar-refractivity contribution in [2.45, 2.75) is 24.2 Å². The van der Waals surface area contributed by atoms with Gasteiger partial charge in [-0.3, -0.25) is 4.79 Å². The number of hydrogen-bond donors (Lipinski definition) is 2. The molecular formula is C16H26ClN3O4S2. The van der Waals surface area contributed by atoms with E-state index in [9.17, 15) is 13.2 Å². The van der Waals surface area contributed by atoms with E-state index in [1.54, 1.807) is 5.38 Å². The first kappa shape index (κ1) is 21.6. The molecule has 7 nitrogen and oxygen atoms in total. The summed E-state index contributed by atoms with van der Waals surface area (Å²) in [6, 6.07) is 1.52. The van der Waals surface area contributed by atoms with Gasteiger partial charge in [-0.05, 0) is 49.7 Å². The normalized spacial score (nSPS) is 21.8. The van der Waals surface area contributed by atoms with E-state index in [1.807, 2.05) is 0 Å². The quantitative estimate of drug-likeness (QED) is 0.720. The SMILES string of the molecule is Cl.O=C(NCCC1CCCNC1)c1sccc1S(=O)(=O)N1CCOCC1. The van der Waals surface area contributed by atoms with E-state index in [2.05, 4.69) is 10.6 Å². The van der Waals surface area contributed by atoms with Crippen LogP contribution in [0.25, 0.3) is 0 Å². The summed E-state index contributed by atoms with van der Waals surface area (Å²) < 4.78 is 32.2. The zero-order valence-corrected chi connectivity index (χ0v) is 17.1. The fourth-order valence-electron chi connectivity index (χ4n) is 3.23. The van der Waals surface area contributed by atoms with Gasteiger partial charge in [0, 0.05) is 19.6 Å². The molecule has 1 aromatic heterocycles. The van der Waals surface area contributed by atoms with Gasteiger partial charge in [0.25, 0.3) is 5.91 Å². The number of halogens is 1. The highest BCUT2D eigenvalue weighted by molar-refractivity contribution is 7.89. The van der Waals surface area contributed by atoms with Crippen molar-refractivity contribution in [3.05, 3.63) is 16.3 Å². The molecule has 0 saturated carbocycles. The lowest BCUT2D eigenvalue weighted by Crippen LogP contribution is -2.41. The first-order valence-electron chi connectivity index (χ1n) is 8.73. The van der Waals surface area contributed by atoms with Crippen LogP contribution in [0.3, 0.4) is 0 Å². The molecule has 2 fully saturated rings. The minimum Gasteiger partial charge on any atom is -0.379 e. The number of piperidine rings is 1. The number of rotatable bonds is 6. The Hall–Kier alpha value is -0.710. The fraction of sp³-hybridized carbons (Fsp3) is 0.688. The maximum absolute atomic E-state index is 12.8. The van der Waals surface area contributed by atoms with Crippen molar-refractivity contribution in [1.82, 2.24) is 14.9 Å². The molecule has 0 spiro atoms. The summed E-state index contributed by atoms with van der Waals surface area (Å²) >= 11 is 1.17. The third-order valence-electron chi connectivity index (χ3n) is 4.66. The number of thiophene rings is 1. The highest BCUT2D eigenvalue weighted by atomic mass is 35.5. The minimum absolute atomic E-state index is 0. The second kappa shape index (κ2) is 10.0. The average Bonchev–Trinajstić information content (AvgIpc) is 3.14. The van der Waals surface area contributed by atoms with E-state index in [0.29, 0.717) is 38.8 Å². The number of sulfonamides is 1. The van der Waals surface area contributed by atoms with E-state index >= 15 is 0 Å². The van der Waals surface area contributed by atoms with Crippen molar-refractivity contribution >= 4 is 39.7 Å². The molecule has 1 aromatic rings. The average molecular weight is 424 g/mol. The Kier molecular flexibility index (Phi) is 8.31. The smallest absolute Gasteiger partial charge is 0.262 e. The van der Waals surface area contributed by atoms with Gasteiger partial charge in [-0.25, -0.2) is 8.42 Å². The molecular weight excluding hydrogens is 398 g/mol. The van der Waals surface area contributed by atoms with Crippen molar-refractivity contribution in [2.75, 3.05) is 45.9 Å². The summed E-state index contributed by atoms with van der Waals surface area (Å²) in [5, 5.41) is 7.90. The van der Waals surface area contributed by atoms with Crippen LogP contribution in [-0.4, -0.2) is 64.6 Å². The van der Waals surface area contributed by atoms with E-state index in [4.69, 9.17) is 4.74 Å². The first-order valence-corrected chi connectivity index (χ1v) is 11.1. The van der Waals surface area contributed by atoms with Crippen LogP contribution in [0.2, 0.25) is 0 Å². The molecule has 2 aliphatic rings. The van der Waals surface area contributed by atoms with Crippen molar-refractivity contribution in [3.63, 3.8) is 0 Å². The molecule has 2 saturated heterocycles. The predicted molar refractivity (Wildman–Crippen MR) is 104 cm³/mol. The Morgan fingerprint density at radius 2 is 2.15 bits per heavy atom. The van der Waals surface area contributed by atoms with Gasteiger partial charge in [0.15, 0.2) is 0 Å². The van der Waals surface area contributed by atoms with Gasteiger partial charge in [0.1, 0.15) is 9.77 Å². The highest BCUT2D eigenvalue weighted by Crippen LogP contribution is 2.26. The second-order valence-electron chi connectivity index (χ2n) is 6.39. The summed E-state index contributed by atoms with van der Waals surface area (Å²) in [6.07, 6.45) is 3.26. The Morgan fingerprint density at radius 3 is 2.85 bits per heavy atom. The Balaban J connectivity index is 0.00000243. The molecule has 10 heteroatoms. The maximum atomic E-state index is 12.8. The van der Waals surface area contributed by atoms with Crippen LogP contribution in [0.1, 0.15) is 28.9 Å². The van der Waals surface area contributed by atoms with E-state index in [-0.39, 0.29) is 28.1 Å². The van der Waals surface area contributed by atoms with Crippen LogP contribution in [-0.2, 0) is 14.8 Å². The van der Waals surface area contributed by atoms with E-state index in [0.717, 1.165) is 19.5 Å². The second-order valence-corrected chi connectivity index (χ2v) is 9.21. The number of carbonyl (C=O) groups excluding carboxylic acids is 1. The molecule has 148 valence electrons. The monoisotopic (exact) mass is 423 g/mol. The third-order valence-corrected chi connectivity index (χ3v) is 7.64. The lowest BCUT2D eigenvalue weighted by Gasteiger charge is -2.26. The molecule has 2 aliphatic heterocycles. The lowest BCUT2D eigenvalue weighted by molar-refractivity contribution is 0.0730. The number of carbonyl (C=O) groups is 1. The molecule has 0 radical (unpaired) electrons. The van der Waals surface area contributed by atoms with Gasteiger partial charge in [-0.2, -0.15) is 4.31 Å². The number of ether oxygens (including phenoxy) is 1. The van der Waals surface area contributed by atoms with Crippen LogP contribution < -0.4 is 10.6 Å². The molecule has 1 amide bonds. The highest BCUT2D eigenvalue weighted by Gasteiger charge is 2.31. The van der Waals surface area contributed by atoms with Crippen LogP contribution in [0, 0.1) is 5.92 Å². The molecule has 26 heavy (non-hydrogen) atoms. The van der Waals surface area contributed by atoms with Gasteiger partial charge in [0.2, 0.25) is 10.0 Å². The summed E-state index contributed by atoms with van der Waals surface area (Å²) in [5.74, 6) is 0.277. The van der Waals surface area contributed by atoms with Crippen molar-refractivity contribution in [1.29, 1.82) is 0 Å². The molecule has 2 N–H and O–H groups in total. The van der Waals surface area contributed by atoms with Gasteiger partial charge in [0.05, 0.1) is 13.2 Å². The van der Waals surface area contributed by atoms with Crippen molar-refractivity contribution in [3.8, 4) is 0 Å². The Bertz CT molecular complexity index is 683. The Labute approximate surface area is 164 Å². The number of morpholine rings is 1. The first-order chi connectivity index (χ1) is 12.1. The molecule has 0 aliphatic carbocycles. The number of hydrogen-bond acceptors (Lipinski definition) is 6. The molecule has 1 unspecified atom stereocenters. The molecule has 3 rings (SSSR count). The number of nitrogens with zero attached hydrogens (tertiary/aromatic N) is 1. The summed E-state index contributed by atoms with van der Waals surface area (Å²) in [6.45, 7) is 4.06. The molecule has 0 bridgehead atoms. The topological polar surface area (TPSA) is 87.7 Å². The van der Waals surface area contributed by atoms with Crippen LogP contribution in [0.4, 0.5) is 0 Å². The third kappa shape index (κ3) is 5.17. The van der Waals surface area contributed by atoms with Crippen molar-refractivity contribution < 1.29 is 17.9 Å². The van der Waals surface area contributed by atoms with Crippen molar-refractivity contribution in [2.24, 2.45) is 5.92 Å². The fourth-order valence-corrected chi connectivity index (χ4v) is 5.96. The largest absolute Gasteiger partial charge is 0.379 e. The zero-order chi connectivity index (χ0) is 17.7. The van der Waals surface area contributed by atoms with Gasteiger partial charge in [-0.1, -0.05) is 0 Å². The number of nitrogens with one attached hydrogen (secondary N) is 2.